The van der Waals surface area contributed by atoms with Crippen molar-refractivity contribution in [1.82, 2.24) is 5.32 Å². The summed E-state index contributed by atoms with van der Waals surface area (Å²) in [5.74, 6) is 0.756. The topological polar surface area (TPSA) is 77.0 Å². The Morgan fingerprint density at radius 2 is 1.75 bits per heavy atom. The number of aliphatic hydroxyl groups is 1. The van der Waals surface area contributed by atoms with E-state index in [0.29, 0.717) is 17.1 Å². The summed E-state index contributed by atoms with van der Waals surface area (Å²) in [4.78, 5) is 12.3. The molecule has 0 saturated carbocycles. The van der Waals surface area contributed by atoms with Crippen LogP contribution in [0.5, 0.6) is 17.2 Å². The highest BCUT2D eigenvalue weighted by Gasteiger charge is 2.25. The molecule has 0 unspecified atom stereocenters. The summed E-state index contributed by atoms with van der Waals surface area (Å²) in [6, 6.07) is 3.21. The summed E-state index contributed by atoms with van der Waals surface area (Å²) in [6.45, 7) is 3.27. The number of nitrogens with one attached hydrogen (secondary N) is 1. The predicted molar refractivity (Wildman–Crippen MR) is 74.7 cm³/mol. The van der Waals surface area contributed by atoms with E-state index in [9.17, 15) is 9.90 Å². The fraction of sp³-hybridized carbons (Fsp3) is 0.500. The number of ether oxygens (including phenoxy) is 3. The summed E-state index contributed by atoms with van der Waals surface area (Å²) in [7, 11) is 4.43. The largest absolute Gasteiger partial charge is 0.493 e. The number of amides is 1. The van der Waals surface area contributed by atoms with Crippen molar-refractivity contribution < 1.29 is 24.1 Å². The number of rotatable bonds is 6. The summed E-state index contributed by atoms with van der Waals surface area (Å²) in [5.41, 5.74) is -0.415. The standard InChI is InChI=1S/C14H21NO5/c1-14(2,8-16)15-13(17)9-6-7-10(18-3)12(20-5)11(9)19-4/h6-7,16H,8H2,1-5H3,(H,15,17). The van der Waals surface area contributed by atoms with Gasteiger partial charge in [0.1, 0.15) is 0 Å². The summed E-state index contributed by atoms with van der Waals surface area (Å²) >= 11 is 0. The molecule has 0 spiro atoms. The van der Waals surface area contributed by atoms with E-state index in [1.807, 2.05) is 0 Å². The minimum atomic E-state index is -0.727. The first-order valence-electron chi connectivity index (χ1n) is 6.12. The van der Waals surface area contributed by atoms with E-state index in [0.717, 1.165) is 0 Å². The second kappa shape index (κ2) is 6.47. The van der Waals surface area contributed by atoms with Crippen LogP contribution in [0, 0.1) is 0 Å². The Kier molecular flexibility index (Phi) is 5.21. The molecule has 1 aromatic carbocycles. The van der Waals surface area contributed by atoms with Crippen LogP contribution in [0.15, 0.2) is 12.1 Å². The molecule has 0 fully saturated rings. The molecular formula is C14H21NO5. The normalized spacial score (nSPS) is 10.9. The van der Waals surface area contributed by atoms with Crippen molar-refractivity contribution in [3.63, 3.8) is 0 Å². The molecule has 6 heteroatoms. The molecule has 112 valence electrons. The lowest BCUT2D eigenvalue weighted by molar-refractivity contribution is 0.0865. The van der Waals surface area contributed by atoms with Gasteiger partial charge in [0.15, 0.2) is 11.5 Å². The zero-order chi connectivity index (χ0) is 15.3. The maximum atomic E-state index is 12.3. The number of aliphatic hydroxyl groups excluding tert-OH is 1. The molecule has 1 amide bonds. The molecule has 0 aromatic heterocycles. The van der Waals surface area contributed by atoms with Crippen LogP contribution in [0.25, 0.3) is 0 Å². The third-order valence-electron chi connectivity index (χ3n) is 2.80. The molecule has 0 heterocycles. The second-order valence-corrected chi connectivity index (χ2v) is 4.88. The molecule has 6 nitrogen and oxygen atoms in total. The number of methoxy groups -OCH3 is 3. The smallest absolute Gasteiger partial charge is 0.255 e. The molecule has 1 aromatic rings. The van der Waals surface area contributed by atoms with E-state index in [2.05, 4.69) is 5.32 Å². The number of hydrogen-bond acceptors (Lipinski definition) is 5. The van der Waals surface area contributed by atoms with Crippen LogP contribution in [0.4, 0.5) is 0 Å². The van der Waals surface area contributed by atoms with Gasteiger partial charge in [-0.25, -0.2) is 0 Å². The van der Waals surface area contributed by atoms with Gasteiger partial charge in [0.2, 0.25) is 5.75 Å². The summed E-state index contributed by atoms with van der Waals surface area (Å²) in [6.07, 6.45) is 0. The van der Waals surface area contributed by atoms with Crippen molar-refractivity contribution >= 4 is 5.91 Å². The average molecular weight is 283 g/mol. The maximum absolute atomic E-state index is 12.3. The third-order valence-corrected chi connectivity index (χ3v) is 2.80. The van der Waals surface area contributed by atoms with Gasteiger partial charge in [-0.2, -0.15) is 0 Å². The lowest BCUT2D eigenvalue weighted by Crippen LogP contribution is -2.46. The zero-order valence-corrected chi connectivity index (χ0v) is 12.4. The Hall–Kier alpha value is -1.95. The van der Waals surface area contributed by atoms with Crippen molar-refractivity contribution in [2.75, 3.05) is 27.9 Å². The van der Waals surface area contributed by atoms with Gasteiger partial charge >= 0.3 is 0 Å². The molecular weight excluding hydrogens is 262 g/mol. The van der Waals surface area contributed by atoms with E-state index in [1.54, 1.807) is 26.0 Å². The van der Waals surface area contributed by atoms with Crippen LogP contribution in [-0.4, -0.2) is 44.5 Å². The first-order valence-corrected chi connectivity index (χ1v) is 6.12. The zero-order valence-electron chi connectivity index (χ0n) is 12.4. The monoisotopic (exact) mass is 283 g/mol. The highest BCUT2D eigenvalue weighted by atomic mass is 16.5. The Bertz CT molecular complexity index is 485. The maximum Gasteiger partial charge on any atom is 0.255 e. The average Bonchev–Trinajstić information content (AvgIpc) is 2.44. The Balaban J connectivity index is 3.22. The van der Waals surface area contributed by atoms with E-state index >= 15 is 0 Å². The van der Waals surface area contributed by atoms with E-state index in [4.69, 9.17) is 14.2 Å². The third kappa shape index (κ3) is 3.33. The first kappa shape index (κ1) is 16.1. The van der Waals surface area contributed by atoms with Gasteiger partial charge in [-0.05, 0) is 26.0 Å². The van der Waals surface area contributed by atoms with Crippen molar-refractivity contribution in [1.29, 1.82) is 0 Å². The highest BCUT2D eigenvalue weighted by molar-refractivity contribution is 5.98. The molecule has 0 saturated heterocycles. The van der Waals surface area contributed by atoms with E-state index in [-0.39, 0.29) is 18.3 Å². The van der Waals surface area contributed by atoms with Crippen LogP contribution in [0.1, 0.15) is 24.2 Å². The molecule has 2 N–H and O–H groups in total. The SMILES string of the molecule is COc1ccc(C(=O)NC(C)(C)CO)c(OC)c1OC. The number of carbonyl (C=O) groups excluding carboxylic acids is 1. The summed E-state index contributed by atoms with van der Waals surface area (Å²) < 4.78 is 15.6. The van der Waals surface area contributed by atoms with Crippen LogP contribution < -0.4 is 19.5 Å². The lowest BCUT2D eigenvalue weighted by atomic mass is 10.1. The molecule has 0 radical (unpaired) electrons. The Morgan fingerprint density at radius 1 is 1.15 bits per heavy atom. The van der Waals surface area contributed by atoms with Crippen molar-refractivity contribution in [2.45, 2.75) is 19.4 Å². The minimum absolute atomic E-state index is 0.172. The molecule has 0 aliphatic carbocycles. The fourth-order valence-corrected chi connectivity index (χ4v) is 1.69. The van der Waals surface area contributed by atoms with Gasteiger partial charge in [0.25, 0.3) is 5.91 Å². The molecule has 0 aliphatic heterocycles. The molecule has 0 aliphatic rings. The van der Waals surface area contributed by atoms with Gasteiger partial charge < -0.3 is 24.6 Å². The molecule has 0 atom stereocenters. The number of carbonyl (C=O) groups is 1. The predicted octanol–water partition coefficient (Wildman–Crippen LogP) is 1.21. The molecule has 0 bridgehead atoms. The van der Waals surface area contributed by atoms with E-state index < -0.39 is 5.54 Å². The molecule has 20 heavy (non-hydrogen) atoms. The lowest BCUT2D eigenvalue weighted by Gasteiger charge is -2.24. The van der Waals surface area contributed by atoms with Crippen molar-refractivity contribution in [3.05, 3.63) is 17.7 Å². The van der Waals surface area contributed by atoms with Gasteiger partial charge in [-0.3, -0.25) is 4.79 Å². The summed E-state index contributed by atoms with van der Waals surface area (Å²) in [5, 5.41) is 11.9. The van der Waals surface area contributed by atoms with Gasteiger partial charge in [-0.15, -0.1) is 0 Å². The number of benzene rings is 1. The van der Waals surface area contributed by atoms with Gasteiger partial charge in [0, 0.05) is 0 Å². The fourth-order valence-electron chi connectivity index (χ4n) is 1.69. The van der Waals surface area contributed by atoms with Crippen LogP contribution in [-0.2, 0) is 0 Å². The van der Waals surface area contributed by atoms with Gasteiger partial charge in [-0.1, -0.05) is 0 Å². The van der Waals surface area contributed by atoms with E-state index in [1.165, 1.54) is 21.3 Å². The highest BCUT2D eigenvalue weighted by Crippen LogP contribution is 2.39. The minimum Gasteiger partial charge on any atom is -0.493 e. The Morgan fingerprint density at radius 3 is 2.20 bits per heavy atom. The second-order valence-electron chi connectivity index (χ2n) is 4.88. The van der Waals surface area contributed by atoms with Gasteiger partial charge in [0.05, 0.1) is 39.0 Å². The molecule has 1 rings (SSSR count). The van der Waals surface area contributed by atoms with Crippen molar-refractivity contribution in [2.24, 2.45) is 0 Å². The Labute approximate surface area is 118 Å². The van der Waals surface area contributed by atoms with Crippen LogP contribution in [0.2, 0.25) is 0 Å². The van der Waals surface area contributed by atoms with Crippen molar-refractivity contribution in [3.8, 4) is 17.2 Å². The number of hydrogen-bond donors (Lipinski definition) is 2. The van der Waals surface area contributed by atoms with Crippen LogP contribution >= 0.6 is 0 Å². The quantitative estimate of drug-likeness (QED) is 0.820. The first-order chi connectivity index (χ1) is 9.40. The van der Waals surface area contributed by atoms with Crippen LogP contribution in [0.3, 0.4) is 0 Å².